The molecule has 0 aromatic heterocycles. The zero-order chi connectivity index (χ0) is 18.9. The highest BCUT2D eigenvalue weighted by molar-refractivity contribution is 5.59. The highest BCUT2D eigenvalue weighted by Crippen LogP contribution is 2.32. The Morgan fingerprint density at radius 1 is 0.852 bits per heavy atom. The minimum Gasteiger partial charge on any atom is -0.369 e. The Hall–Kier alpha value is -2.27. The van der Waals surface area contributed by atoms with Gasteiger partial charge < -0.3 is 4.90 Å². The van der Waals surface area contributed by atoms with Crippen LogP contribution in [0.15, 0.2) is 54.1 Å². The second-order valence-electron chi connectivity index (χ2n) is 7.31. The normalized spacial score (nSPS) is 18.2. The Kier molecular flexibility index (Phi) is 4.96. The van der Waals surface area contributed by atoms with Crippen molar-refractivity contribution in [1.82, 2.24) is 4.90 Å². The first-order valence-corrected chi connectivity index (χ1v) is 9.41. The van der Waals surface area contributed by atoms with Crippen molar-refractivity contribution < 1.29 is 13.2 Å². The Balaban J connectivity index is 1.37. The molecule has 1 aliphatic heterocycles. The van der Waals surface area contributed by atoms with Gasteiger partial charge in [0.2, 0.25) is 0 Å². The topological polar surface area (TPSA) is 6.48 Å². The molecule has 1 fully saturated rings. The fourth-order valence-corrected chi connectivity index (χ4v) is 3.95. The summed E-state index contributed by atoms with van der Waals surface area (Å²) in [5, 5.41) is 0. The van der Waals surface area contributed by atoms with Crippen LogP contribution in [0.1, 0.15) is 23.1 Å². The van der Waals surface area contributed by atoms with Crippen LogP contribution in [0.5, 0.6) is 0 Å². The Bertz CT molecular complexity index is 833. The molecular weight excluding hydrogens is 349 g/mol. The van der Waals surface area contributed by atoms with E-state index in [1.165, 1.54) is 28.8 Å². The molecule has 2 aliphatic rings. The molecule has 0 unspecified atom stereocenters. The first-order chi connectivity index (χ1) is 13.0. The molecule has 27 heavy (non-hydrogen) atoms. The maximum atomic E-state index is 12.9. The molecule has 0 bridgehead atoms. The van der Waals surface area contributed by atoms with Crippen LogP contribution >= 0.6 is 0 Å². The predicted octanol–water partition coefficient (Wildman–Crippen LogP) is 4.86. The van der Waals surface area contributed by atoms with Gasteiger partial charge in [-0.3, -0.25) is 4.90 Å². The van der Waals surface area contributed by atoms with E-state index in [1.54, 1.807) is 6.07 Å². The van der Waals surface area contributed by atoms with Gasteiger partial charge in [-0.1, -0.05) is 42.0 Å². The van der Waals surface area contributed by atoms with E-state index in [4.69, 9.17) is 0 Å². The van der Waals surface area contributed by atoms with Gasteiger partial charge in [-0.25, -0.2) is 0 Å². The lowest BCUT2D eigenvalue weighted by Gasteiger charge is -2.37. The van der Waals surface area contributed by atoms with E-state index < -0.39 is 11.7 Å². The zero-order valence-corrected chi connectivity index (χ0v) is 15.2. The van der Waals surface area contributed by atoms with Crippen molar-refractivity contribution in [1.29, 1.82) is 0 Å². The summed E-state index contributed by atoms with van der Waals surface area (Å²) < 4.78 is 38.8. The van der Waals surface area contributed by atoms with Gasteiger partial charge in [0.05, 0.1) is 5.56 Å². The molecule has 0 N–H and O–H groups in total. The molecule has 5 heteroatoms. The number of piperazine rings is 1. The molecule has 1 aliphatic carbocycles. The van der Waals surface area contributed by atoms with Crippen molar-refractivity contribution in [3.8, 4) is 0 Å². The summed E-state index contributed by atoms with van der Waals surface area (Å²) in [6, 6.07) is 14.2. The van der Waals surface area contributed by atoms with Gasteiger partial charge in [-0.2, -0.15) is 13.2 Å². The second-order valence-corrected chi connectivity index (χ2v) is 7.31. The molecule has 4 rings (SSSR count). The first-order valence-electron chi connectivity index (χ1n) is 9.41. The van der Waals surface area contributed by atoms with E-state index in [0.717, 1.165) is 51.6 Å². The SMILES string of the molecule is FC(F)(F)c1cccc(N2CCN(CC3=Cc4ccccc4CC3)CC2)c1. The monoisotopic (exact) mass is 372 g/mol. The maximum Gasteiger partial charge on any atom is 0.416 e. The number of nitrogens with zero attached hydrogens (tertiary/aromatic N) is 2. The molecule has 0 amide bonds. The number of hydrogen-bond donors (Lipinski definition) is 0. The number of aryl methyl sites for hydroxylation is 1. The van der Waals surface area contributed by atoms with E-state index in [-0.39, 0.29) is 0 Å². The standard InChI is InChI=1S/C22H23F3N2/c23-22(24,25)20-6-3-7-21(15-20)27-12-10-26(11-13-27)16-17-8-9-18-4-1-2-5-19(18)14-17/h1-7,14-15H,8-13,16H2. The van der Waals surface area contributed by atoms with Crippen molar-refractivity contribution in [2.75, 3.05) is 37.6 Å². The number of benzene rings is 2. The second kappa shape index (κ2) is 7.39. The van der Waals surface area contributed by atoms with E-state index in [9.17, 15) is 13.2 Å². The fourth-order valence-electron chi connectivity index (χ4n) is 3.95. The van der Waals surface area contributed by atoms with Gasteiger partial charge in [0, 0.05) is 38.4 Å². The Labute approximate surface area is 157 Å². The number of alkyl halides is 3. The van der Waals surface area contributed by atoms with Crippen LogP contribution in [-0.2, 0) is 12.6 Å². The van der Waals surface area contributed by atoms with E-state index in [1.807, 2.05) is 0 Å². The molecule has 142 valence electrons. The number of anilines is 1. The third-order valence-electron chi connectivity index (χ3n) is 5.47. The van der Waals surface area contributed by atoms with Gasteiger partial charge in [0.25, 0.3) is 0 Å². The molecule has 1 saturated heterocycles. The third kappa shape index (κ3) is 4.19. The lowest BCUT2D eigenvalue weighted by atomic mass is 9.92. The van der Waals surface area contributed by atoms with Crippen LogP contribution in [0.4, 0.5) is 18.9 Å². The molecule has 2 nitrogen and oxygen atoms in total. The molecule has 0 atom stereocenters. The first kappa shape index (κ1) is 18.1. The highest BCUT2D eigenvalue weighted by atomic mass is 19.4. The molecule has 0 saturated carbocycles. The van der Waals surface area contributed by atoms with Crippen LogP contribution in [0, 0.1) is 0 Å². The summed E-state index contributed by atoms with van der Waals surface area (Å²) in [6.45, 7) is 4.20. The molecule has 0 radical (unpaired) electrons. The molecule has 2 aromatic rings. The average Bonchev–Trinajstić information content (AvgIpc) is 2.68. The number of halogens is 3. The molecular formula is C22H23F3N2. The minimum absolute atomic E-state index is 0.576. The van der Waals surface area contributed by atoms with Crippen molar-refractivity contribution in [2.45, 2.75) is 19.0 Å². The van der Waals surface area contributed by atoms with Crippen molar-refractivity contribution in [2.24, 2.45) is 0 Å². The Morgan fingerprint density at radius 2 is 1.63 bits per heavy atom. The quantitative estimate of drug-likeness (QED) is 0.759. The van der Waals surface area contributed by atoms with Gasteiger partial charge in [0.15, 0.2) is 0 Å². The molecule has 0 spiro atoms. The number of fused-ring (bicyclic) bond motifs is 1. The third-order valence-corrected chi connectivity index (χ3v) is 5.47. The minimum atomic E-state index is -4.29. The summed E-state index contributed by atoms with van der Waals surface area (Å²) in [5.41, 5.74) is 4.27. The lowest BCUT2D eigenvalue weighted by Crippen LogP contribution is -2.47. The van der Waals surface area contributed by atoms with Crippen molar-refractivity contribution in [3.05, 3.63) is 70.8 Å². The van der Waals surface area contributed by atoms with Crippen molar-refractivity contribution >= 4 is 11.8 Å². The maximum absolute atomic E-state index is 12.9. The van der Waals surface area contributed by atoms with Crippen LogP contribution in [0.3, 0.4) is 0 Å². The van der Waals surface area contributed by atoms with Crippen LogP contribution in [0.25, 0.3) is 6.08 Å². The van der Waals surface area contributed by atoms with E-state index in [0.29, 0.717) is 5.69 Å². The van der Waals surface area contributed by atoms with Gasteiger partial charge in [0.1, 0.15) is 0 Å². The Morgan fingerprint density at radius 3 is 2.41 bits per heavy atom. The predicted molar refractivity (Wildman–Crippen MR) is 103 cm³/mol. The summed E-state index contributed by atoms with van der Waals surface area (Å²) in [7, 11) is 0. The van der Waals surface area contributed by atoms with E-state index >= 15 is 0 Å². The number of hydrogen-bond acceptors (Lipinski definition) is 2. The number of rotatable bonds is 3. The van der Waals surface area contributed by atoms with Gasteiger partial charge in [-0.05, 0) is 42.2 Å². The van der Waals surface area contributed by atoms with Crippen LogP contribution in [0.2, 0.25) is 0 Å². The summed E-state index contributed by atoms with van der Waals surface area (Å²) in [6.07, 6.45) is 0.191. The zero-order valence-electron chi connectivity index (χ0n) is 15.2. The molecule has 2 aromatic carbocycles. The summed E-state index contributed by atoms with van der Waals surface area (Å²) in [4.78, 5) is 4.46. The summed E-state index contributed by atoms with van der Waals surface area (Å²) >= 11 is 0. The van der Waals surface area contributed by atoms with Gasteiger partial charge >= 0.3 is 6.18 Å². The molecule has 1 heterocycles. The smallest absolute Gasteiger partial charge is 0.369 e. The van der Waals surface area contributed by atoms with E-state index in [2.05, 4.69) is 40.1 Å². The van der Waals surface area contributed by atoms with Gasteiger partial charge in [-0.15, -0.1) is 0 Å². The van der Waals surface area contributed by atoms with Crippen LogP contribution < -0.4 is 4.90 Å². The average molecular weight is 372 g/mol. The van der Waals surface area contributed by atoms with Crippen molar-refractivity contribution in [3.63, 3.8) is 0 Å². The highest BCUT2D eigenvalue weighted by Gasteiger charge is 2.31. The largest absolute Gasteiger partial charge is 0.416 e. The lowest BCUT2D eigenvalue weighted by molar-refractivity contribution is -0.137. The summed E-state index contributed by atoms with van der Waals surface area (Å²) in [5.74, 6) is 0. The van der Waals surface area contributed by atoms with Crippen LogP contribution in [-0.4, -0.2) is 37.6 Å². The fraction of sp³-hybridized carbons (Fsp3) is 0.364.